The Kier molecular flexibility index (Phi) is 6.48. The number of halogens is 6. The molecule has 1 N–H and O–H groups in total. The van der Waals surface area contributed by atoms with Gasteiger partial charge in [-0.15, -0.1) is 0 Å². The Bertz CT molecular complexity index is 1330. The Balaban J connectivity index is 1.89. The van der Waals surface area contributed by atoms with Gasteiger partial charge in [-0.25, -0.2) is 0 Å². The molecule has 0 radical (unpaired) electrons. The van der Waals surface area contributed by atoms with Crippen LogP contribution in [-0.4, -0.2) is 34.2 Å². The van der Waals surface area contributed by atoms with Crippen LogP contribution in [0.1, 0.15) is 61.1 Å². The number of amides is 2. The topological polar surface area (TPSA) is 66.5 Å². The lowest BCUT2D eigenvalue weighted by atomic mass is 9.72. The van der Waals surface area contributed by atoms with Gasteiger partial charge in [-0.1, -0.05) is 50.2 Å². The standard InChI is InChI=1S/C27H24F6N2O3/c1-15(16-8-5-4-6-9-16)35-19-13-24(2,3)14-20(36)21(19)25(23(35)38,27(31,32)33)34-22(37)17-10-7-11-18(12-17)26(28,29)30/h4-12,15H,13-14H2,1-3H3,(H,34,37)/t15-,25-/m0/s1. The van der Waals surface area contributed by atoms with Gasteiger partial charge in [0.05, 0.1) is 17.2 Å². The molecule has 0 aromatic heterocycles. The van der Waals surface area contributed by atoms with Gasteiger partial charge in [0, 0.05) is 17.7 Å². The molecule has 2 atom stereocenters. The number of hydrogen-bond acceptors (Lipinski definition) is 3. The zero-order chi connectivity index (χ0) is 28.3. The van der Waals surface area contributed by atoms with Gasteiger partial charge in [-0.05, 0) is 42.5 Å². The number of ketones is 1. The molecule has 2 aliphatic rings. The Morgan fingerprint density at radius 3 is 2.16 bits per heavy atom. The van der Waals surface area contributed by atoms with E-state index >= 15 is 0 Å². The maximum Gasteiger partial charge on any atom is 0.425 e. The SMILES string of the molecule is C[C@@H](c1ccccc1)N1C(=O)[C@](NC(=O)c2cccc(C(F)(F)F)c2)(C(F)(F)F)C2=C1CC(C)(C)CC2=O. The number of rotatable bonds is 4. The molecule has 1 aliphatic carbocycles. The summed E-state index contributed by atoms with van der Waals surface area (Å²) in [6.45, 7) is 4.86. The summed E-state index contributed by atoms with van der Waals surface area (Å²) >= 11 is 0. The number of hydrogen-bond donors (Lipinski definition) is 1. The minimum atomic E-state index is -5.48. The van der Waals surface area contributed by atoms with Crippen molar-refractivity contribution in [2.24, 2.45) is 5.41 Å². The molecule has 5 nitrogen and oxygen atoms in total. The predicted molar refractivity (Wildman–Crippen MR) is 124 cm³/mol. The highest BCUT2D eigenvalue weighted by Crippen LogP contribution is 2.53. The number of nitrogens with zero attached hydrogens (tertiary/aromatic N) is 1. The maximum atomic E-state index is 15.0. The van der Waals surface area contributed by atoms with E-state index < -0.39 is 63.6 Å². The summed E-state index contributed by atoms with van der Waals surface area (Å²) in [6.07, 6.45) is -10.7. The van der Waals surface area contributed by atoms with Crippen molar-refractivity contribution in [3.05, 3.63) is 82.6 Å². The fraction of sp³-hybridized carbons (Fsp3) is 0.370. The summed E-state index contributed by atoms with van der Waals surface area (Å²) in [6, 6.07) is 10.1. The van der Waals surface area contributed by atoms with E-state index in [1.807, 2.05) is 0 Å². The van der Waals surface area contributed by atoms with E-state index in [0.717, 1.165) is 17.0 Å². The first-order valence-corrected chi connectivity index (χ1v) is 11.7. The van der Waals surface area contributed by atoms with Gasteiger partial charge >= 0.3 is 12.4 Å². The second kappa shape index (κ2) is 8.99. The minimum Gasteiger partial charge on any atom is -0.326 e. The molecule has 2 amide bonds. The average molecular weight is 538 g/mol. The van der Waals surface area contributed by atoms with Crippen molar-refractivity contribution in [1.82, 2.24) is 10.2 Å². The number of nitrogens with one attached hydrogen (secondary N) is 1. The van der Waals surface area contributed by atoms with Crippen molar-refractivity contribution < 1.29 is 40.7 Å². The molecule has 202 valence electrons. The molecule has 0 fully saturated rings. The van der Waals surface area contributed by atoms with Gasteiger partial charge in [-0.3, -0.25) is 14.4 Å². The van der Waals surface area contributed by atoms with E-state index in [1.165, 1.54) is 6.92 Å². The molecular formula is C27H24F6N2O3. The van der Waals surface area contributed by atoms with E-state index in [0.29, 0.717) is 17.7 Å². The second-order valence-corrected chi connectivity index (χ2v) is 10.3. The van der Waals surface area contributed by atoms with Crippen molar-refractivity contribution in [1.29, 1.82) is 0 Å². The molecule has 38 heavy (non-hydrogen) atoms. The fourth-order valence-corrected chi connectivity index (χ4v) is 5.15. The molecule has 0 saturated carbocycles. The van der Waals surface area contributed by atoms with Crippen LogP contribution in [0.5, 0.6) is 0 Å². The zero-order valence-corrected chi connectivity index (χ0v) is 20.6. The van der Waals surface area contributed by atoms with Crippen LogP contribution >= 0.6 is 0 Å². The van der Waals surface area contributed by atoms with E-state index in [9.17, 15) is 40.7 Å². The summed E-state index contributed by atoms with van der Waals surface area (Å²) in [7, 11) is 0. The lowest BCUT2D eigenvalue weighted by Crippen LogP contribution is -2.66. The Morgan fingerprint density at radius 1 is 0.947 bits per heavy atom. The van der Waals surface area contributed by atoms with Crippen molar-refractivity contribution in [2.45, 2.75) is 57.5 Å². The van der Waals surface area contributed by atoms with Crippen molar-refractivity contribution in [3.63, 3.8) is 0 Å². The van der Waals surface area contributed by atoms with Crippen LogP contribution in [0.2, 0.25) is 0 Å². The van der Waals surface area contributed by atoms with Gasteiger partial charge < -0.3 is 10.2 Å². The summed E-state index contributed by atoms with van der Waals surface area (Å²) in [4.78, 5) is 41.0. The Hall–Kier alpha value is -3.63. The van der Waals surface area contributed by atoms with Crippen LogP contribution < -0.4 is 5.32 Å². The molecule has 2 aromatic rings. The number of carbonyl (C=O) groups excluding carboxylic acids is 3. The number of carbonyl (C=O) groups is 3. The van der Waals surface area contributed by atoms with Gasteiger partial charge in [0.1, 0.15) is 0 Å². The highest BCUT2D eigenvalue weighted by Gasteiger charge is 2.72. The highest BCUT2D eigenvalue weighted by molar-refractivity contribution is 6.14. The van der Waals surface area contributed by atoms with E-state index in [2.05, 4.69) is 0 Å². The average Bonchev–Trinajstić information content (AvgIpc) is 3.06. The highest BCUT2D eigenvalue weighted by atomic mass is 19.4. The molecule has 0 bridgehead atoms. The third kappa shape index (κ3) is 4.48. The summed E-state index contributed by atoms with van der Waals surface area (Å²) in [5, 5.41) is 1.67. The van der Waals surface area contributed by atoms with Crippen molar-refractivity contribution in [3.8, 4) is 0 Å². The zero-order valence-electron chi connectivity index (χ0n) is 20.6. The van der Waals surface area contributed by atoms with Gasteiger partial charge in [0.2, 0.25) is 5.54 Å². The molecule has 4 rings (SSSR count). The Morgan fingerprint density at radius 2 is 1.58 bits per heavy atom. The monoisotopic (exact) mass is 538 g/mol. The third-order valence-corrected chi connectivity index (χ3v) is 6.91. The molecule has 1 aliphatic heterocycles. The molecule has 11 heteroatoms. The van der Waals surface area contributed by atoms with Crippen LogP contribution in [0.15, 0.2) is 65.9 Å². The van der Waals surface area contributed by atoms with Crippen molar-refractivity contribution in [2.75, 3.05) is 0 Å². The number of benzene rings is 2. The number of allylic oxidation sites excluding steroid dienone is 1. The molecule has 0 saturated heterocycles. The molecule has 0 spiro atoms. The number of alkyl halides is 6. The molecular weight excluding hydrogens is 514 g/mol. The lowest BCUT2D eigenvalue weighted by Gasteiger charge is -2.35. The van der Waals surface area contributed by atoms with E-state index in [4.69, 9.17) is 0 Å². The smallest absolute Gasteiger partial charge is 0.326 e. The number of Topliss-reactive ketones (excluding diaryl/α,β-unsaturated/α-hetero) is 1. The Labute approximate surface area is 214 Å². The van der Waals surface area contributed by atoms with E-state index in [-0.39, 0.29) is 18.5 Å². The predicted octanol–water partition coefficient (Wildman–Crippen LogP) is 5.98. The van der Waals surface area contributed by atoms with Gasteiger partial charge in [0.15, 0.2) is 5.78 Å². The third-order valence-electron chi connectivity index (χ3n) is 6.91. The van der Waals surface area contributed by atoms with Gasteiger partial charge in [-0.2, -0.15) is 26.3 Å². The first kappa shape index (κ1) is 27.4. The van der Waals surface area contributed by atoms with Crippen LogP contribution in [0.4, 0.5) is 26.3 Å². The van der Waals surface area contributed by atoms with Crippen LogP contribution in [0, 0.1) is 5.41 Å². The maximum absolute atomic E-state index is 15.0. The minimum absolute atomic E-state index is 0.0613. The molecule has 0 unspecified atom stereocenters. The first-order chi connectivity index (χ1) is 17.5. The summed E-state index contributed by atoms with van der Waals surface area (Å²) < 4.78 is 84.4. The quantitative estimate of drug-likeness (QED) is 0.487. The van der Waals surface area contributed by atoms with Crippen LogP contribution in [-0.2, 0) is 15.8 Å². The first-order valence-electron chi connectivity index (χ1n) is 11.7. The second-order valence-electron chi connectivity index (χ2n) is 10.3. The fourth-order valence-electron chi connectivity index (χ4n) is 5.15. The summed E-state index contributed by atoms with van der Waals surface area (Å²) in [5.41, 5.74) is -7.09. The van der Waals surface area contributed by atoms with Crippen molar-refractivity contribution >= 4 is 17.6 Å². The lowest BCUT2D eigenvalue weighted by molar-refractivity contribution is -0.191. The molecule has 2 aromatic carbocycles. The normalized spacial score (nSPS) is 22.4. The largest absolute Gasteiger partial charge is 0.425 e. The van der Waals surface area contributed by atoms with Gasteiger partial charge in [0.25, 0.3) is 11.8 Å². The molecule has 1 heterocycles. The van der Waals surface area contributed by atoms with Crippen LogP contribution in [0.25, 0.3) is 0 Å². The van der Waals surface area contributed by atoms with Crippen LogP contribution in [0.3, 0.4) is 0 Å². The summed E-state index contributed by atoms with van der Waals surface area (Å²) in [5.74, 6) is -4.12. The van der Waals surface area contributed by atoms with E-state index in [1.54, 1.807) is 49.5 Å².